The Bertz CT molecular complexity index is 494. The lowest BCUT2D eigenvalue weighted by atomic mass is 9.77. The van der Waals surface area contributed by atoms with Gasteiger partial charge in [0.05, 0.1) is 5.25 Å². The largest absolute Gasteiger partial charge is 0.292 e. The zero-order valence-electron chi connectivity index (χ0n) is 13.3. The molecule has 3 aliphatic rings. The van der Waals surface area contributed by atoms with Gasteiger partial charge in [-0.25, -0.2) is 12.7 Å². The molecule has 2 heterocycles. The molecule has 2 fully saturated rings. The van der Waals surface area contributed by atoms with Gasteiger partial charge >= 0.3 is 0 Å². The van der Waals surface area contributed by atoms with Gasteiger partial charge in [-0.1, -0.05) is 26.0 Å². The summed E-state index contributed by atoms with van der Waals surface area (Å²) < 4.78 is 27.5. The van der Waals surface area contributed by atoms with Crippen LogP contribution in [-0.2, 0) is 10.0 Å². The van der Waals surface area contributed by atoms with Gasteiger partial charge in [-0.05, 0) is 37.5 Å². The Kier molecular flexibility index (Phi) is 4.19. The summed E-state index contributed by atoms with van der Waals surface area (Å²) in [5, 5.41) is -0.138. The van der Waals surface area contributed by atoms with E-state index in [1.165, 1.54) is 0 Å². The maximum atomic E-state index is 12.9. The van der Waals surface area contributed by atoms with Crippen molar-refractivity contribution in [3.05, 3.63) is 12.2 Å². The monoisotopic (exact) mass is 312 g/mol. The standard InChI is InChI=1S/C16H28N2O2S/c1-16(2)8-5-15(6-9-16)21(19,20)18-12-7-14(13-18)17-10-3-4-11-17/h3-4,14-15H,5-13H2,1-2H3. The molecule has 1 unspecified atom stereocenters. The van der Waals surface area contributed by atoms with E-state index in [-0.39, 0.29) is 5.25 Å². The van der Waals surface area contributed by atoms with E-state index < -0.39 is 10.0 Å². The lowest BCUT2D eigenvalue weighted by Crippen LogP contribution is -2.42. The third-order valence-corrected chi connectivity index (χ3v) is 7.92. The topological polar surface area (TPSA) is 40.6 Å². The van der Waals surface area contributed by atoms with Crippen LogP contribution in [0.1, 0.15) is 46.0 Å². The van der Waals surface area contributed by atoms with Crippen LogP contribution in [-0.4, -0.2) is 55.1 Å². The van der Waals surface area contributed by atoms with E-state index in [0.717, 1.165) is 45.2 Å². The summed E-state index contributed by atoms with van der Waals surface area (Å²) in [7, 11) is -3.09. The first kappa shape index (κ1) is 15.5. The first-order chi connectivity index (χ1) is 9.88. The molecule has 21 heavy (non-hydrogen) atoms. The molecule has 0 amide bonds. The van der Waals surface area contributed by atoms with Crippen molar-refractivity contribution in [2.24, 2.45) is 5.41 Å². The van der Waals surface area contributed by atoms with E-state index in [4.69, 9.17) is 0 Å². The summed E-state index contributed by atoms with van der Waals surface area (Å²) in [6.45, 7) is 7.88. The van der Waals surface area contributed by atoms with Crippen LogP contribution in [0.2, 0.25) is 0 Å². The Balaban J connectivity index is 1.61. The van der Waals surface area contributed by atoms with Gasteiger partial charge in [0.25, 0.3) is 0 Å². The molecule has 0 bridgehead atoms. The molecule has 2 aliphatic heterocycles. The molecule has 0 aromatic rings. The molecular weight excluding hydrogens is 284 g/mol. The fraction of sp³-hybridized carbons (Fsp3) is 0.875. The summed E-state index contributed by atoms with van der Waals surface area (Å²) in [5.41, 5.74) is 0.320. The normalized spacial score (nSPS) is 32.0. The van der Waals surface area contributed by atoms with Gasteiger partial charge in [0.15, 0.2) is 0 Å². The van der Waals surface area contributed by atoms with E-state index >= 15 is 0 Å². The van der Waals surface area contributed by atoms with Gasteiger partial charge in [-0.15, -0.1) is 0 Å². The lowest BCUT2D eigenvalue weighted by Gasteiger charge is -2.35. The molecule has 1 atom stereocenters. The number of hydrogen-bond donors (Lipinski definition) is 0. The highest BCUT2D eigenvalue weighted by Gasteiger charge is 2.41. The van der Waals surface area contributed by atoms with Crippen LogP contribution in [0.25, 0.3) is 0 Å². The smallest absolute Gasteiger partial charge is 0.217 e. The summed E-state index contributed by atoms with van der Waals surface area (Å²) >= 11 is 0. The van der Waals surface area contributed by atoms with Gasteiger partial charge < -0.3 is 0 Å². The van der Waals surface area contributed by atoms with Gasteiger partial charge in [-0.2, -0.15) is 0 Å². The minimum absolute atomic E-state index is 0.138. The first-order valence-electron chi connectivity index (χ1n) is 8.26. The highest BCUT2D eigenvalue weighted by molar-refractivity contribution is 7.89. The molecule has 3 rings (SSSR count). The van der Waals surface area contributed by atoms with E-state index in [9.17, 15) is 8.42 Å². The molecule has 1 aliphatic carbocycles. The fourth-order valence-corrected chi connectivity index (χ4v) is 5.91. The van der Waals surface area contributed by atoms with Crippen LogP contribution in [0.4, 0.5) is 0 Å². The number of sulfonamides is 1. The second-order valence-electron chi connectivity index (χ2n) is 7.63. The van der Waals surface area contributed by atoms with Gasteiger partial charge in [-0.3, -0.25) is 4.90 Å². The van der Waals surface area contributed by atoms with Crippen molar-refractivity contribution in [2.45, 2.75) is 57.2 Å². The maximum absolute atomic E-state index is 12.9. The van der Waals surface area contributed by atoms with Gasteiger partial charge in [0, 0.05) is 32.2 Å². The Morgan fingerprint density at radius 3 is 2.29 bits per heavy atom. The molecule has 0 radical (unpaired) electrons. The second kappa shape index (κ2) is 5.67. The number of nitrogens with zero attached hydrogens (tertiary/aromatic N) is 2. The Morgan fingerprint density at radius 2 is 1.67 bits per heavy atom. The molecule has 4 nitrogen and oxygen atoms in total. The highest BCUT2D eigenvalue weighted by Crippen LogP contribution is 2.38. The highest BCUT2D eigenvalue weighted by atomic mass is 32.2. The van der Waals surface area contributed by atoms with Crippen LogP contribution < -0.4 is 0 Å². The molecule has 1 saturated carbocycles. The van der Waals surface area contributed by atoms with Crippen molar-refractivity contribution in [1.82, 2.24) is 9.21 Å². The Labute approximate surface area is 129 Å². The Morgan fingerprint density at radius 1 is 1.05 bits per heavy atom. The van der Waals surface area contributed by atoms with E-state index in [0.29, 0.717) is 24.5 Å². The van der Waals surface area contributed by atoms with Gasteiger partial charge in [0.2, 0.25) is 10.0 Å². The summed E-state index contributed by atoms with van der Waals surface area (Å²) in [6, 6.07) is 0.412. The van der Waals surface area contributed by atoms with E-state index in [1.807, 2.05) is 0 Å². The summed E-state index contributed by atoms with van der Waals surface area (Å²) in [5.74, 6) is 0. The summed E-state index contributed by atoms with van der Waals surface area (Å²) in [4.78, 5) is 2.39. The Hall–Kier alpha value is -0.390. The third-order valence-electron chi connectivity index (χ3n) is 5.56. The molecule has 1 saturated heterocycles. The van der Waals surface area contributed by atoms with Crippen LogP contribution in [0, 0.1) is 5.41 Å². The fourth-order valence-electron chi connectivity index (χ4n) is 3.91. The molecule has 0 aromatic heterocycles. The predicted octanol–water partition coefficient (Wildman–Crippen LogP) is 2.23. The van der Waals surface area contributed by atoms with Crippen LogP contribution in [0.3, 0.4) is 0 Å². The average molecular weight is 312 g/mol. The van der Waals surface area contributed by atoms with Gasteiger partial charge in [0.1, 0.15) is 0 Å². The summed E-state index contributed by atoms with van der Waals surface area (Å²) in [6.07, 6.45) is 9.08. The predicted molar refractivity (Wildman–Crippen MR) is 85.6 cm³/mol. The van der Waals surface area contributed by atoms with Crippen molar-refractivity contribution in [3.63, 3.8) is 0 Å². The third kappa shape index (κ3) is 3.20. The van der Waals surface area contributed by atoms with Crippen LogP contribution in [0.5, 0.6) is 0 Å². The van der Waals surface area contributed by atoms with E-state index in [2.05, 4.69) is 30.9 Å². The zero-order valence-corrected chi connectivity index (χ0v) is 14.1. The average Bonchev–Trinajstić information content (AvgIpc) is 3.09. The second-order valence-corrected chi connectivity index (χ2v) is 9.85. The zero-order chi connectivity index (χ0) is 15.1. The maximum Gasteiger partial charge on any atom is 0.217 e. The van der Waals surface area contributed by atoms with Crippen molar-refractivity contribution in [1.29, 1.82) is 0 Å². The first-order valence-corrected chi connectivity index (χ1v) is 9.77. The van der Waals surface area contributed by atoms with Crippen LogP contribution in [0.15, 0.2) is 12.2 Å². The molecule has 120 valence electrons. The van der Waals surface area contributed by atoms with Crippen molar-refractivity contribution in [3.8, 4) is 0 Å². The van der Waals surface area contributed by atoms with Crippen molar-refractivity contribution >= 4 is 10.0 Å². The molecule has 5 heteroatoms. The van der Waals surface area contributed by atoms with Crippen molar-refractivity contribution < 1.29 is 8.42 Å². The SMILES string of the molecule is CC1(C)CCC(S(=O)(=O)N2CCC(N3CC=CC3)C2)CC1. The van der Waals surface area contributed by atoms with Crippen molar-refractivity contribution in [2.75, 3.05) is 26.2 Å². The minimum Gasteiger partial charge on any atom is -0.292 e. The number of hydrogen-bond acceptors (Lipinski definition) is 3. The number of rotatable bonds is 3. The molecule has 0 N–H and O–H groups in total. The minimum atomic E-state index is -3.09. The lowest BCUT2D eigenvalue weighted by molar-refractivity contribution is 0.240. The van der Waals surface area contributed by atoms with E-state index in [1.54, 1.807) is 4.31 Å². The molecule has 0 spiro atoms. The van der Waals surface area contributed by atoms with Crippen LogP contribution >= 0.6 is 0 Å². The quantitative estimate of drug-likeness (QED) is 0.750. The molecule has 0 aromatic carbocycles. The molecular formula is C16H28N2O2S.